The number of nitrogens with two attached hydrogens (primary N) is 1. The summed E-state index contributed by atoms with van der Waals surface area (Å²) in [5.74, 6) is 0.961. The van der Waals surface area contributed by atoms with Crippen LogP contribution in [0.15, 0.2) is 29.1 Å². The Hall–Kier alpha value is -1.72. The molecule has 0 radical (unpaired) electrons. The molecule has 5 nitrogen and oxygen atoms in total. The molecule has 0 bridgehead atoms. The summed E-state index contributed by atoms with van der Waals surface area (Å²) >= 11 is 0. The third-order valence-corrected chi connectivity index (χ3v) is 5.04. The first-order valence-electron chi connectivity index (χ1n) is 8.83. The maximum absolute atomic E-state index is 12.9. The number of nitrogens with zero attached hydrogens (tertiary/aromatic N) is 2. The van der Waals surface area contributed by atoms with E-state index in [2.05, 4.69) is 19.2 Å². The number of benzene rings is 1. The van der Waals surface area contributed by atoms with Gasteiger partial charge >= 0.3 is 0 Å². The first-order valence-corrected chi connectivity index (χ1v) is 8.83. The number of para-hydroxylation sites is 1. The molecule has 2 heterocycles. The second-order valence-corrected chi connectivity index (χ2v) is 6.61. The Bertz CT molecular complexity index is 739. The zero-order chi connectivity index (χ0) is 16.4. The normalized spacial score (nSPS) is 23.1. The van der Waals surface area contributed by atoms with Crippen LogP contribution in [0.4, 0.5) is 0 Å². The lowest BCUT2D eigenvalue weighted by atomic mass is 10.1. The molecule has 3 atom stereocenters. The molecular weight excluding hydrogens is 288 g/mol. The Labute approximate surface area is 137 Å². The third-order valence-electron chi connectivity index (χ3n) is 5.04. The highest BCUT2D eigenvalue weighted by molar-refractivity contribution is 5.77. The van der Waals surface area contributed by atoms with Crippen molar-refractivity contribution in [2.75, 3.05) is 19.6 Å². The second kappa shape index (κ2) is 6.81. The Morgan fingerprint density at radius 1 is 1.39 bits per heavy atom. The van der Waals surface area contributed by atoms with Gasteiger partial charge < -0.3 is 10.2 Å². The third kappa shape index (κ3) is 3.03. The summed E-state index contributed by atoms with van der Waals surface area (Å²) in [5.41, 5.74) is 0.925. The average molecular weight is 316 g/mol. The number of quaternary nitrogens is 2. The SMILES string of the molecule is CC[C@H](c1nc2ccccc2c(=O)n1CC)[NH+]1CC[NH2+][C@H](C)C1. The maximum atomic E-state index is 12.9. The van der Waals surface area contributed by atoms with Crippen LogP contribution >= 0.6 is 0 Å². The number of piperazine rings is 1. The number of fused-ring (bicyclic) bond motifs is 1. The molecule has 1 aromatic heterocycles. The quantitative estimate of drug-likeness (QED) is 0.815. The van der Waals surface area contributed by atoms with Gasteiger partial charge in [-0.2, -0.15) is 0 Å². The van der Waals surface area contributed by atoms with Crippen LogP contribution in [0.2, 0.25) is 0 Å². The van der Waals surface area contributed by atoms with E-state index in [1.807, 2.05) is 35.8 Å². The van der Waals surface area contributed by atoms with Gasteiger partial charge in [0.2, 0.25) is 0 Å². The van der Waals surface area contributed by atoms with Gasteiger partial charge in [-0.15, -0.1) is 0 Å². The summed E-state index contributed by atoms with van der Waals surface area (Å²) in [4.78, 5) is 19.3. The van der Waals surface area contributed by atoms with Crippen LogP contribution in [0.5, 0.6) is 0 Å². The van der Waals surface area contributed by atoms with Crippen molar-refractivity contribution in [3.63, 3.8) is 0 Å². The van der Waals surface area contributed by atoms with Crippen LogP contribution in [-0.4, -0.2) is 35.2 Å². The molecule has 0 amide bonds. The number of rotatable bonds is 4. The van der Waals surface area contributed by atoms with Crippen molar-refractivity contribution in [3.8, 4) is 0 Å². The van der Waals surface area contributed by atoms with E-state index in [1.54, 1.807) is 4.90 Å². The van der Waals surface area contributed by atoms with E-state index < -0.39 is 0 Å². The lowest BCUT2D eigenvalue weighted by Gasteiger charge is -2.33. The van der Waals surface area contributed by atoms with Crippen LogP contribution in [-0.2, 0) is 6.54 Å². The van der Waals surface area contributed by atoms with Crippen LogP contribution in [0, 0.1) is 0 Å². The zero-order valence-electron chi connectivity index (χ0n) is 14.4. The molecule has 1 saturated heterocycles. The van der Waals surface area contributed by atoms with Gasteiger partial charge in [0.05, 0.1) is 10.9 Å². The highest BCUT2D eigenvalue weighted by atomic mass is 16.1. The first-order chi connectivity index (χ1) is 11.2. The average Bonchev–Trinajstić information content (AvgIpc) is 2.56. The standard InChI is InChI=1S/C18H26N4O/c1-4-16(21-11-10-19-13(3)12-21)17-20-15-9-7-6-8-14(15)18(23)22(17)5-2/h6-9,13,16,19H,4-5,10-12H2,1-3H3/p+2/t13-,16-/m1/s1. The summed E-state index contributed by atoms with van der Waals surface area (Å²) in [6.45, 7) is 10.6. The predicted molar refractivity (Wildman–Crippen MR) is 91.7 cm³/mol. The fourth-order valence-corrected chi connectivity index (χ4v) is 3.88. The minimum Gasteiger partial charge on any atom is -0.335 e. The Morgan fingerprint density at radius 2 is 2.17 bits per heavy atom. The summed E-state index contributed by atoms with van der Waals surface area (Å²) in [7, 11) is 0. The molecule has 3 rings (SSSR count). The van der Waals surface area contributed by atoms with Crippen molar-refractivity contribution in [3.05, 3.63) is 40.4 Å². The van der Waals surface area contributed by atoms with Gasteiger partial charge in [-0.05, 0) is 26.0 Å². The van der Waals surface area contributed by atoms with E-state index in [0.717, 1.165) is 42.8 Å². The van der Waals surface area contributed by atoms with Crippen molar-refractivity contribution in [1.82, 2.24) is 9.55 Å². The molecule has 0 aliphatic carbocycles. The van der Waals surface area contributed by atoms with Gasteiger partial charge in [0, 0.05) is 13.0 Å². The van der Waals surface area contributed by atoms with E-state index in [9.17, 15) is 4.79 Å². The fraction of sp³-hybridized carbons (Fsp3) is 0.556. The minimum atomic E-state index is 0.0996. The van der Waals surface area contributed by atoms with Gasteiger partial charge in [-0.1, -0.05) is 19.1 Å². The number of hydrogen-bond donors (Lipinski definition) is 2. The molecule has 1 aromatic carbocycles. The highest BCUT2D eigenvalue weighted by Crippen LogP contribution is 2.14. The van der Waals surface area contributed by atoms with Gasteiger partial charge in [0.1, 0.15) is 31.7 Å². The smallest absolute Gasteiger partial charge is 0.261 e. The molecule has 124 valence electrons. The number of nitrogens with one attached hydrogen (secondary N) is 1. The first kappa shape index (κ1) is 16.1. The van der Waals surface area contributed by atoms with Crippen molar-refractivity contribution in [1.29, 1.82) is 0 Å². The lowest BCUT2D eigenvalue weighted by Crippen LogP contribution is -3.22. The summed E-state index contributed by atoms with van der Waals surface area (Å²) < 4.78 is 1.88. The molecule has 2 aromatic rings. The monoisotopic (exact) mass is 316 g/mol. The summed E-state index contributed by atoms with van der Waals surface area (Å²) in [5, 5.41) is 3.14. The van der Waals surface area contributed by atoms with Gasteiger partial charge in [0.15, 0.2) is 5.82 Å². The molecule has 0 spiro atoms. The van der Waals surface area contributed by atoms with Crippen molar-refractivity contribution in [2.45, 2.75) is 45.8 Å². The lowest BCUT2D eigenvalue weighted by molar-refractivity contribution is -0.981. The van der Waals surface area contributed by atoms with Crippen LogP contribution in [0.1, 0.15) is 39.1 Å². The van der Waals surface area contributed by atoms with Gasteiger partial charge in [-0.3, -0.25) is 9.36 Å². The minimum absolute atomic E-state index is 0.0996. The van der Waals surface area contributed by atoms with E-state index in [0.29, 0.717) is 18.6 Å². The van der Waals surface area contributed by atoms with Crippen LogP contribution < -0.4 is 15.8 Å². The molecule has 1 fully saturated rings. The van der Waals surface area contributed by atoms with E-state index in [-0.39, 0.29) is 5.56 Å². The second-order valence-electron chi connectivity index (χ2n) is 6.61. The molecule has 0 saturated carbocycles. The van der Waals surface area contributed by atoms with Crippen molar-refractivity contribution in [2.24, 2.45) is 0 Å². The predicted octanol–water partition coefficient (Wildman–Crippen LogP) is -0.282. The summed E-state index contributed by atoms with van der Waals surface area (Å²) in [6, 6.07) is 8.64. The molecule has 1 unspecified atom stereocenters. The Balaban J connectivity index is 2.10. The molecule has 1 aliphatic heterocycles. The largest absolute Gasteiger partial charge is 0.335 e. The molecule has 1 aliphatic rings. The van der Waals surface area contributed by atoms with E-state index in [1.165, 1.54) is 0 Å². The number of aromatic nitrogens is 2. The van der Waals surface area contributed by atoms with E-state index >= 15 is 0 Å². The topological polar surface area (TPSA) is 55.9 Å². The van der Waals surface area contributed by atoms with Crippen LogP contribution in [0.25, 0.3) is 10.9 Å². The maximum Gasteiger partial charge on any atom is 0.261 e. The zero-order valence-corrected chi connectivity index (χ0v) is 14.4. The van der Waals surface area contributed by atoms with E-state index in [4.69, 9.17) is 4.98 Å². The van der Waals surface area contributed by atoms with Gasteiger partial charge in [0.25, 0.3) is 5.56 Å². The van der Waals surface area contributed by atoms with Gasteiger partial charge in [-0.25, -0.2) is 4.98 Å². The Morgan fingerprint density at radius 3 is 2.87 bits per heavy atom. The molecular formula is C18H28N4O+2. The van der Waals surface area contributed by atoms with Crippen molar-refractivity contribution < 1.29 is 10.2 Å². The highest BCUT2D eigenvalue weighted by Gasteiger charge is 2.32. The number of hydrogen-bond acceptors (Lipinski definition) is 2. The molecule has 23 heavy (non-hydrogen) atoms. The molecule has 5 heteroatoms. The fourth-order valence-electron chi connectivity index (χ4n) is 3.88. The Kier molecular flexibility index (Phi) is 4.78. The molecule has 3 N–H and O–H groups in total. The van der Waals surface area contributed by atoms with Crippen molar-refractivity contribution >= 4 is 10.9 Å². The summed E-state index contributed by atoms with van der Waals surface area (Å²) in [6.07, 6.45) is 1.01. The van der Waals surface area contributed by atoms with Crippen LogP contribution in [0.3, 0.4) is 0 Å².